The Balaban J connectivity index is 1.99. The fourth-order valence-electron chi connectivity index (χ4n) is 1.73. The number of nitrogens with one attached hydrogen (secondary N) is 1. The molecule has 2 rings (SSSR count). The molecule has 0 saturated carbocycles. The van der Waals surface area contributed by atoms with Crippen LogP contribution in [0.1, 0.15) is 11.1 Å². The molecule has 0 spiro atoms. The number of hydrogen-bond acceptors (Lipinski definition) is 3. The van der Waals surface area contributed by atoms with E-state index in [0.29, 0.717) is 22.8 Å². The molecule has 0 unspecified atom stereocenters. The normalized spacial score (nSPS) is 10.9. The minimum atomic E-state index is -4.70. The molecule has 0 saturated heterocycles. The summed E-state index contributed by atoms with van der Waals surface area (Å²) in [5, 5.41) is 12.3. The van der Waals surface area contributed by atoms with Crippen molar-refractivity contribution in [2.45, 2.75) is 12.9 Å². The zero-order valence-electron chi connectivity index (χ0n) is 11.1. The summed E-state index contributed by atoms with van der Waals surface area (Å²) in [7, 11) is 0. The highest BCUT2D eigenvalue weighted by Crippen LogP contribution is 2.23. The molecule has 0 aromatic heterocycles. The summed E-state index contributed by atoms with van der Waals surface area (Å²) in [5.41, 5.74) is 1.81. The van der Waals surface area contributed by atoms with E-state index in [0.717, 1.165) is 5.56 Å². The van der Waals surface area contributed by atoms with Crippen LogP contribution in [-0.2, 0) is 6.54 Å². The first-order valence-electron chi connectivity index (χ1n) is 6.15. The lowest BCUT2D eigenvalue weighted by Gasteiger charge is -2.10. The highest BCUT2D eigenvalue weighted by molar-refractivity contribution is 6.31. The van der Waals surface area contributed by atoms with Gasteiger partial charge in [-0.25, -0.2) is 0 Å². The van der Waals surface area contributed by atoms with Gasteiger partial charge in [0.2, 0.25) is 0 Å². The molecule has 2 aromatic carbocycles. The Morgan fingerprint density at radius 3 is 2.41 bits per heavy atom. The lowest BCUT2D eigenvalue weighted by Crippen LogP contribution is -2.17. The van der Waals surface area contributed by atoms with Crippen LogP contribution in [0.2, 0.25) is 5.02 Å². The highest BCUT2D eigenvalue weighted by Gasteiger charge is 2.30. The fraction of sp³-hybridized carbons (Fsp3) is 0.133. The SMILES string of the molecule is N#Cc1cc(NCc2ccc(OC(F)(F)F)cc2)ccc1Cl. The summed E-state index contributed by atoms with van der Waals surface area (Å²) in [6.07, 6.45) is -4.70. The molecule has 3 nitrogen and oxygen atoms in total. The molecule has 0 atom stereocenters. The molecule has 0 radical (unpaired) electrons. The van der Waals surface area contributed by atoms with Gasteiger partial charge in [-0.2, -0.15) is 5.26 Å². The summed E-state index contributed by atoms with van der Waals surface area (Å²) in [4.78, 5) is 0. The maximum Gasteiger partial charge on any atom is 0.573 e. The van der Waals surface area contributed by atoms with Gasteiger partial charge in [0.25, 0.3) is 0 Å². The quantitative estimate of drug-likeness (QED) is 0.884. The minimum absolute atomic E-state index is 0.269. The number of alkyl halides is 3. The second kappa shape index (κ2) is 6.58. The highest BCUT2D eigenvalue weighted by atomic mass is 35.5. The van der Waals surface area contributed by atoms with E-state index in [1.165, 1.54) is 24.3 Å². The maximum absolute atomic E-state index is 12.0. The zero-order chi connectivity index (χ0) is 16.2. The summed E-state index contributed by atoms with van der Waals surface area (Å²) < 4.78 is 39.9. The van der Waals surface area contributed by atoms with Crippen LogP contribution in [0, 0.1) is 11.3 Å². The van der Waals surface area contributed by atoms with Gasteiger partial charge in [-0.3, -0.25) is 0 Å². The monoisotopic (exact) mass is 326 g/mol. The van der Waals surface area contributed by atoms with Crippen molar-refractivity contribution in [1.82, 2.24) is 0 Å². The minimum Gasteiger partial charge on any atom is -0.406 e. The van der Waals surface area contributed by atoms with Gasteiger partial charge >= 0.3 is 6.36 Å². The summed E-state index contributed by atoms with van der Waals surface area (Å²) in [5.74, 6) is -0.269. The Kier molecular flexibility index (Phi) is 4.78. The smallest absolute Gasteiger partial charge is 0.406 e. The molecule has 0 heterocycles. The fourth-order valence-corrected chi connectivity index (χ4v) is 1.89. The van der Waals surface area contributed by atoms with E-state index in [9.17, 15) is 13.2 Å². The standard InChI is InChI=1S/C15H10ClF3N2O/c16-14-6-3-12(7-11(14)8-20)21-9-10-1-4-13(5-2-10)22-15(17,18)19/h1-7,21H,9H2. The van der Waals surface area contributed by atoms with Crippen molar-refractivity contribution >= 4 is 17.3 Å². The van der Waals surface area contributed by atoms with Crippen molar-refractivity contribution < 1.29 is 17.9 Å². The van der Waals surface area contributed by atoms with Crippen LogP contribution in [0.3, 0.4) is 0 Å². The number of nitrogens with zero attached hydrogens (tertiary/aromatic N) is 1. The van der Waals surface area contributed by atoms with E-state index in [-0.39, 0.29) is 5.75 Å². The Morgan fingerprint density at radius 1 is 1.14 bits per heavy atom. The van der Waals surface area contributed by atoms with Gasteiger partial charge in [-0.15, -0.1) is 13.2 Å². The average molecular weight is 327 g/mol. The lowest BCUT2D eigenvalue weighted by atomic mass is 10.2. The molecule has 114 valence electrons. The van der Waals surface area contributed by atoms with Crippen LogP contribution in [-0.4, -0.2) is 6.36 Å². The van der Waals surface area contributed by atoms with Crippen LogP contribution < -0.4 is 10.1 Å². The molecule has 0 fully saturated rings. The third kappa shape index (κ3) is 4.57. The number of rotatable bonds is 4. The summed E-state index contributed by atoms with van der Waals surface area (Å²) in [6, 6.07) is 12.4. The number of halogens is 4. The first-order chi connectivity index (χ1) is 10.4. The Morgan fingerprint density at radius 2 is 1.82 bits per heavy atom. The van der Waals surface area contributed by atoms with E-state index in [1.807, 2.05) is 6.07 Å². The molecule has 0 aliphatic carbocycles. The number of anilines is 1. The van der Waals surface area contributed by atoms with Gasteiger partial charge in [-0.1, -0.05) is 23.7 Å². The van der Waals surface area contributed by atoms with Crippen molar-refractivity contribution in [3.05, 3.63) is 58.6 Å². The van der Waals surface area contributed by atoms with E-state index in [1.54, 1.807) is 18.2 Å². The first kappa shape index (κ1) is 16.0. The van der Waals surface area contributed by atoms with Crippen LogP contribution in [0.4, 0.5) is 18.9 Å². The second-order valence-electron chi connectivity index (χ2n) is 4.35. The predicted molar refractivity (Wildman–Crippen MR) is 76.6 cm³/mol. The average Bonchev–Trinajstić information content (AvgIpc) is 2.46. The molecule has 2 aromatic rings. The van der Waals surface area contributed by atoms with Gasteiger partial charge in [0.1, 0.15) is 11.8 Å². The molecule has 0 aliphatic heterocycles. The Labute approximate surface area is 129 Å². The number of nitriles is 1. The molecular weight excluding hydrogens is 317 g/mol. The largest absolute Gasteiger partial charge is 0.573 e. The van der Waals surface area contributed by atoms with Crippen molar-refractivity contribution in [3.63, 3.8) is 0 Å². The zero-order valence-corrected chi connectivity index (χ0v) is 11.9. The van der Waals surface area contributed by atoms with Gasteiger partial charge in [-0.05, 0) is 35.9 Å². The molecule has 0 bridgehead atoms. The Hall–Kier alpha value is -2.39. The molecule has 22 heavy (non-hydrogen) atoms. The molecule has 1 N–H and O–H groups in total. The molecule has 0 aliphatic rings. The maximum atomic E-state index is 12.0. The van der Waals surface area contributed by atoms with Crippen molar-refractivity contribution in [1.29, 1.82) is 5.26 Å². The Bertz CT molecular complexity index is 693. The van der Waals surface area contributed by atoms with Gasteiger partial charge in [0.15, 0.2) is 0 Å². The van der Waals surface area contributed by atoms with E-state index < -0.39 is 6.36 Å². The topological polar surface area (TPSA) is 45.0 Å². The van der Waals surface area contributed by atoms with Crippen molar-refractivity contribution in [2.75, 3.05) is 5.32 Å². The summed E-state index contributed by atoms with van der Waals surface area (Å²) >= 11 is 5.83. The van der Waals surface area contributed by atoms with Gasteiger partial charge in [0.05, 0.1) is 10.6 Å². The summed E-state index contributed by atoms with van der Waals surface area (Å²) in [6.45, 7) is 0.388. The first-order valence-corrected chi connectivity index (χ1v) is 6.53. The number of hydrogen-bond donors (Lipinski definition) is 1. The number of benzene rings is 2. The molecule has 7 heteroatoms. The van der Waals surface area contributed by atoms with Crippen LogP contribution in [0.25, 0.3) is 0 Å². The van der Waals surface area contributed by atoms with E-state index in [4.69, 9.17) is 16.9 Å². The van der Waals surface area contributed by atoms with E-state index in [2.05, 4.69) is 10.1 Å². The van der Waals surface area contributed by atoms with Crippen LogP contribution >= 0.6 is 11.6 Å². The molecule has 0 amide bonds. The van der Waals surface area contributed by atoms with E-state index >= 15 is 0 Å². The van der Waals surface area contributed by atoms with Crippen molar-refractivity contribution in [2.24, 2.45) is 0 Å². The second-order valence-corrected chi connectivity index (χ2v) is 4.76. The third-order valence-electron chi connectivity index (χ3n) is 2.74. The van der Waals surface area contributed by atoms with Crippen LogP contribution in [0.15, 0.2) is 42.5 Å². The van der Waals surface area contributed by atoms with Gasteiger partial charge < -0.3 is 10.1 Å². The van der Waals surface area contributed by atoms with Crippen LogP contribution in [0.5, 0.6) is 5.75 Å². The predicted octanol–water partition coefficient (Wildman–Crippen LogP) is 4.72. The van der Waals surface area contributed by atoms with Gasteiger partial charge in [0, 0.05) is 12.2 Å². The lowest BCUT2D eigenvalue weighted by molar-refractivity contribution is -0.274. The van der Waals surface area contributed by atoms with Crippen molar-refractivity contribution in [3.8, 4) is 11.8 Å². The third-order valence-corrected chi connectivity index (χ3v) is 3.07. The number of ether oxygens (including phenoxy) is 1. The molecular formula is C15H10ClF3N2O.